The maximum absolute atomic E-state index is 11.4. The lowest BCUT2D eigenvalue weighted by Crippen LogP contribution is -2.17. The van der Waals surface area contributed by atoms with Crippen LogP contribution in [0.5, 0.6) is 0 Å². The molecule has 0 amide bonds. The van der Waals surface area contributed by atoms with Crippen molar-refractivity contribution in [1.29, 1.82) is 0 Å². The van der Waals surface area contributed by atoms with E-state index in [1.165, 1.54) is 0 Å². The summed E-state index contributed by atoms with van der Waals surface area (Å²) < 4.78 is 6.65. The van der Waals surface area contributed by atoms with Crippen molar-refractivity contribution in [3.63, 3.8) is 0 Å². The molecule has 0 bridgehead atoms. The van der Waals surface area contributed by atoms with Gasteiger partial charge in [-0.1, -0.05) is 12.1 Å². The van der Waals surface area contributed by atoms with Gasteiger partial charge in [0.1, 0.15) is 0 Å². The Hall–Kier alpha value is -2.14. The number of rotatable bonds is 5. The second-order valence-electron chi connectivity index (χ2n) is 4.16. The first-order valence-electron chi connectivity index (χ1n) is 6.22. The molecule has 5 heteroatoms. The topological polar surface area (TPSA) is 70.1 Å². The zero-order valence-corrected chi connectivity index (χ0v) is 10.8. The molecule has 0 radical (unpaired) electrons. The van der Waals surface area contributed by atoms with Crippen LogP contribution in [0.1, 0.15) is 24.9 Å². The van der Waals surface area contributed by atoms with Crippen LogP contribution in [0.4, 0.5) is 0 Å². The standard InChI is InChI=1S/C14H17N3O2/c1-2-19-14(18)10-13(15)11-5-3-6-12(9-11)17-8-4-7-16-17/h3-9,13H,2,10,15H2,1H3/t13-/m0/s1. The summed E-state index contributed by atoms with van der Waals surface area (Å²) in [5.74, 6) is -0.278. The van der Waals surface area contributed by atoms with Crippen molar-refractivity contribution in [1.82, 2.24) is 9.78 Å². The van der Waals surface area contributed by atoms with Gasteiger partial charge >= 0.3 is 5.97 Å². The van der Waals surface area contributed by atoms with Crippen LogP contribution in [-0.4, -0.2) is 22.4 Å². The monoisotopic (exact) mass is 259 g/mol. The van der Waals surface area contributed by atoms with Crippen LogP contribution in [0.2, 0.25) is 0 Å². The highest BCUT2D eigenvalue weighted by molar-refractivity contribution is 5.70. The fourth-order valence-electron chi connectivity index (χ4n) is 1.84. The van der Waals surface area contributed by atoms with Crippen LogP contribution in [0.25, 0.3) is 5.69 Å². The van der Waals surface area contributed by atoms with Gasteiger partial charge in [0, 0.05) is 18.4 Å². The van der Waals surface area contributed by atoms with E-state index in [9.17, 15) is 4.79 Å². The van der Waals surface area contributed by atoms with E-state index in [0.717, 1.165) is 11.3 Å². The SMILES string of the molecule is CCOC(=O)C[C@H](N)c1cccc(-n2cccn2)c1. The molecule has 5 nitrogen and oxygen atoms in total. The largest absolute Gasteiger partial charge is 0.466 e. The first-order valence-corrected chi connectivity index (χ1v) is 6.22. The van der Waals surface area contributed by atoms with E-state index in [4.69, 9.17) is 10.5 Å². The van der Waals surface area contributed by atoms with Crippen molar-refractivity contribution in [3.8, 4) is 5.69 Å². The Kier molecular flexibility index (Phi) is 4.30. The molecule has 2 aromatic rings. The molecule has 0 aliphatic heterocycles. The molecule has 1 atom stereocenters. The molecule has 1 aromatic carbocycles. The highest BCUT2D eigenvalue weighted by Crippen LogP contribution is 2.18. The Bertz CT molecular complexity index is 537. The van der Waals surface area contributed by atoms with Gasteiger partial charge in [0.25, 0.3) is 0 Å². The molecule has 2 rings (SSSR count). The molecule has 0 aliphatic rings. The fraction of sp³-hybridized carbons (Fsp3) is 0.286. The van der Waals surface area contributed by atoms with Crippen molar-refractivity contribution in [2.45, 2.75) is 19.4 Å². The third-order valence-corrected chi connectivity index (χ3v) is 2.76. The molecule has 100 valence electrons. The lowest BCUT2D eigenvalue weighted by atomic mass is 10.0. The maximum Gasteiger partial charge on any atom is 0.307 e. The second-order valence-corrected chi connectivity index (χ2v) is 4.16. The van der Waals surface area contributed by atoms with Gasteiger partial charge in [-0.3, -0.25) is 4.79 Å². The normalized spacial score (nSPS) is 12.1. The summed E-state index contributed by atoms with van der Waals surface area (Å²) >= 11 is 0. The van der Waals surface area contributed by atoms with Crippen LogP contribution < -0.4 is 5.73 Å². The summed E-state index contributed by atoms with van der Waals surface area (Å²) in [6.07, 6.45) is 3.75. The third kappa shape index (κ3) is 3.42. The minimum absolute atomic E-state index is 0.177. The van der Waals surface area contributed by atoms with Crippen LogP contribution in [0, 0.1) is 0 Å². The fourth-order valence-corrected chi connectivity index (χ4v) is 1.84. The number of hydrogen-bond donors (Lipinski definition) is 1. The number of hydrogen-bond acceptors (Lipinski definition) is 4. The van der Waals surface area contributed by atoms with Gasteiger partial charge in [-0.05, 0) is 30.7 Å². The molecule has 0 fully saturated rings. The van der Waals surface area contributed by atoms with Crippen molar-refractivity contribution in [2.24, 2.45) is 5.73 Å². The van der Waals surface area contributed by atoms with Crippen LogP contribution in [0.3, 0.4) is 0 Å². The van der Waals surface area contributed by atoms with Gasteiger partial charge in [-0.2, -0.15) is 5.10 Å². The maximum atomic E-state index is 11.4. The van der Waals surface area contributed by atoms with Gasteiger partial charge in [-0.15, -0.1) is 0 Å². The van der Waals surface area contributed by atoms with Crippen molar-refractivity contribution < 1.29 is 9.53 Å². The van der Waals surface area contributed by atoms with Crippen molar-refractivity contribution in [2.75, 3.05) is 6.61 Å². The van der Waals surface area contributed by atoms with Crippen molar-refractivity contribution in [3.05, 3.63) is 48.3 Å². The quantitative estimate of drug-likeness (QED) is 0.831. The average Bonchev–Trinajstić information content (AvgIpc) is 2.93. The molecule has 0 aliphatic carbocycles. The van der Waals surface area contributed by atoms with Gasteiger partial charge < -0.3 is 10.5 Å². The summed E-state index contributed by atoms with van der Waals surface area (Å²) in [6, 6.07) is 9.15. The molecule has 2 N–H and O–H groups in total. The Morgan fingerprint density at radius 2 is 2.32 bits per heavy atom. The van der Waals surface area contributed by atoms with Gasteiger partial charge in [0.15, 0.2) is 0 Å². The number of ether oxygens (including phenoxy) is 1. The molecule has 19 heavy (non-hydrogen) atoms. The highest BCUT2D eigenvalue weighted by atomic mass is 16.5. The van der Waals surface area contributed by atoms with E-state index in [-0.39, 0.29) is 18.4 Å². The molecule has 0 unspecified atom stereocenters. The minimum atomic E-state index is -0.366. The molecular formula is C14H17N3O2. The summed E-state index contributed by atoms with van der Waals surface area (Å²) in [5.41, 5.74) is 7.83. The summed E-state index contributed by atoms with van der Waals surface area (Å²) in [4.78, 5) is 11.4. The van der Waals surface area contributed by atoms with E-state index < -0.39 is 0 Å². The van der Waals surface area contributed by atoms with E-state index in [1.54, 1.807) is 17.8 Å². The molecule has 1 heterocycles. The predicted molar refractivity (Wildman–Crippen MR) is 71.7 cm³/mol. The number of carbonyl (C=O) groups excluding carboxylic acids is 1. The number of nitrogens with zero attached hydrogens (tertiary/aromatic N) is 2. The molecular weight excluding hydrogens is 242 g/mol. The summed E-state index contributed by atoms with van der Waals surface area (Å²) in [5, 5.41) is 4.16. The Balaban J connectivity index is 2.12. The Morgan fingerprint density at radius 1 is 1.47 bits per heavy atom. The van der Waals surface area contributed by atoms with Crippen LogP contribution in [0.15, 0.2) is 42.7 Å². The van der Waals surface area contributed by atoms with Gasteiger partial charge in [0.2, 0.25) is 0 Å². The third-order valence-electron chi connectivity index (χ3n) is 2.76. The van der Waals surface area contributed by atoms with E-state index in [2.05, 4.69) is 5.10 Å². The molecule has 0 saturated carbocycles. The van der Waals surface area contributed by atoms with E-state index in [1.807, 2.05) is 36.5 Å². The summed E-state index contributed by atoms with van der Waals surface area (Å²) in [6.45, 7) is 2.15. The molecule has 0 spiro atoms. The molecule has 0 saturated heterocycles. The van der Waals surface area contributed by atoms with Gasteiger partial charge in [0.05, 0.1) is 18.7 Å². The zero-order valence-electron chi connectivity index (χ0n) is 10.8. The first kappa shape index (κ1) is 13.3. The van der Waals surface area contributed by atoms with E-state index in [0.29, 0.717) is 6.61 Å². The predicted octanol–water partition coefficient (Wildman–Crippen LogP) is 1.83. The molecule has 1 aromatic heterocycles. The van der Waals surface area contributed by atoms with Crippen molar-refractivity contribution >= 4 is 5.97 Å². The lowest BCUT2D eigenvalue weighted by Gasteiger charge is -2.12. The van der Waals surface area contributed by atoms with Crippen LogP contribution in [-0.2, 0) is 9.53 Å². The van der Waals surface area contributed by atoms with E-state index >= 15 is 0 Å². The van der Waals surface area contributed by atoms with Gasteiger partial charge in [-0.25, -0.2) is 4.68 Å². The van der Waals surface area contributed by atoms with Crippen LogP contribution >= 0.6 is 0 Å². The average molecular weight is 259 g/mol. The zero-order chi connectivity index (χ0) is 13.7. The second kappa shape index (κ2) is 6.15. The lowest BCUT2D eigenvalue weighted by molar-refractivity contribution is -0.143. The number of carbonyl (C=O) groups is 1. The number of aromatic nitrogens is 2. The first-order chi connectivity index (χ1) is 9.20. The Morgan fingerprint density at radius 3 is 3.00 bits per heavy atom. The summed E-state index contributed by atoms with van der Waals surface area (Å²) in [7, 11) is 0. The number of nitrogens with two attached hydrogens (primary N) is 1. The minimum Gasteiger partial charge on any atom is -0.466 e. The number of esters is 1. The highest BCUT2D eigenvalue weighted by Gasteiger charge is 2.13. The smallest absolute Gasteiger partial charge is 0.307 e. The Labute approximate surface area is 112 Å². The number of benzene rings is 1.